The van der Waals surface area contributed by atoms with Crippen LogP contribution in [0.4, 0.5) is 26.0 Å². The molecule has 0 bridgehead atoms. The number of rotatable bonds is 3. The molecule has 0 aliphatic rings. The molecule has 0 aliphatic heterocycles. The standard InChI is InChI=1S/C20H14F2N4/c1-13-8-16(21)3-6-19(13)26(20-7-4-17(22)12-23-20)18-5-2-14-10-24-25-11-15(14)9-18/h2-12H,1H3. The van der Waals surface area contributed by atoms with E-state index < -0.39 is 5.82 Å². The average Bonchev–Trinajstić information content (AvgIpc) is 2.65. The Kier molecular flexibility index (Phi) is 4.01. The molecule has 26 heavy (non-hydrogen) atoms. The van der Waals surface area contributed by atoms with Gasteiger partial charge in [-0.15, -0.1) is 0 Å². The van der Waals surface area contributed by atoms with Gasteiger partial charge in [-0.3, -0.25) is 4.90 Å². The first kappa shape index (κ1) is 16.1. The van der Waals surface area contributed by atoms with Crippen molar-refractivity contribution in [2.75, 3.05) is 4.90 Å². The van der Waals surface area contributed by atoms with E-state index in [1.165, 1.54) is 18.2 Å². The Balaban J connectivity index is 1.92. The molecule has 0 saturated heterocycles. The lowest BCUT2D eigenvalue weighted by Crippen LogP contribution is -2.13. The van der Waals surface area contributed by atoms with Gasteiger partial charge >= 0.3 is 0 Å². The van der Waals surface area contributed by atoms with Gasteiger partial charge in [-0.05, 0) is 55.0 Å². The second kappa shape index (κ2) is 6.48. The first-order valence-corrected chi connectivity index (χ1v) is 8.00. The molecule has 128 valence electrons. The average molecular weight is 348 g/mol. The van der Waals surface area contributed by atoms with Crippen molar-refractivity contribution in [3.05, 3.63) is 84.3 Å². The molecule has 0 fully saturated rings. The van der Waals surface area contributed by atoms with E-state index in [-0.39, 0.29) is 5.82 Å². The molecule has 4 nitrogen and oxygen atoms in total. The summed E-state index contributed by atoms with van der Waals surface area (Å²) in [6.07, 6.45) is 4.52. The Morgan fingerprint density at radius 3 is 2.27 bits per heavy atom. The summed E-state index contributed by atoms with van der Waals surface area (Å²) in [6.45, 7) is 1.82. The minimum Gasteiger partial charge on any atom is -0.295 e. The number of pyridine rings is 1. The fourth-order valence-corrected chi connectivity index (χ4v) is 2.89. The van der Waals surface area contributed by atoms with Crippen molar-refractivity contribution in [3.63, 3.8) is 0 Å². The molecule has 0 amide bonds. The Morgan fingerprint density at radius 1 is 0.769 bits per heavy atom. The Hall–Kier alpha value is -3.41. The fraction of sp³-hybridized carbons (Fsp3) is 0.0500. The smallest absolute Gasteiger partial charge is 0.141 e. The highest BCUT2D eigenvalue weighted by Crippen LogP contribution is 2.36. The molecule has 4 aromatic rings. The summed E-state index contributed by atoms with van der Waals surface area (Å²) >= 11 is 0. The van der Waals surface area contributed by atoms with Gasteiger partial charge in [-0.2, -0.15) is 10.2 Å². The lowest BCUT2D eigenvalue weighted by molar-refractivity contribution is 0.621. The summed E-state index contributed by atoms with van der Waals surface area (Å²) < 4.78 is 26.9. The van der Waals surface area contributed by atoms with Crippen LogP contribution >= 0.6 is 0 Å². The van der Waals surface area contributed by atoms with Gasteiger partial charge < -0.3 is 0 Å². The Morgan fingerprint density at radius 2 is 1.54 bits per heavy atom. The predicted octanol–water partition coefficient (Wildman–Crippen LogP) is 5.08. The van der Waals surface area contributed by atoms with Crippen LogP contribution < -0.4 is 4.90 Å². The van der Waals surface area contributed by atoms with Gasteiger partial charge in [0.05, 0.1) is 24.3 Å². The van der Waals surface area contributed by atoms with Gasteiger partial charge in [0.2, 0.25) is 0 Å². The van der Waals surface area contributed by atoms with E-state index in [1.54, 1.807) is 24.5 Å². The van der Waals surface area contributed by atoms with Crippen molar-refractivity contribution < 1.29 is 8.78 Å². The van der Waals surface area contributed by atoms with Crippen molar-refractivity contribution in [2.45, 2.75) is 6.92 Å². The zero-order valence-corrected chi connectivity index (χ0v) is 13.9. The largest absolute Gasteiger partial charge is 0.295 e. The van der Waals surface area contributed by atoms with Crippen molar-refractivity contribution in [3.8, 4) is 0 Å². The number of aromatic nitrogens is 3. The van der Waals surface area contributed by atoms with Crippen LogP contribution in [0.2, 0.25) is 0 Å². The van der Waals surface area contributed by atoms with Crippen molar-refractivity contribution in [2.24, 2.45) is 0 Å². The zero-order valence-electron chi connectivity index (χ0n) is 13.9. The number of hydrogen-bond acceptors (Lipinski definition) is 4. The second-order valence-electron chi connectivity index (χ2n) is 5.90. The highest BCUT2D eigenvalue weighted by molar-refractivity contribution is 5.88. The molecular weight excluding hydrogens is 334 g/mol. The van der Waals surface area contributed by atoms with E-state index in [1.807, 2.05) is 30.0 Å². The molecule has 4 rings (SSSR count). The molecule has 2 aromatic carbocycles. The number of anilines is 3. The molecule has 0 unspecified atom stereocenters. The summed E-state index contributed by atoms with van der Waals surface area (Å²) in [7, 11) is 0. The van der Waals surface area contributed by atoms with E-state index in [9.17, 15) is 8.78 Å². The lowest BCUT2D eigenvalue weighted by Gasteiger charge is -2.26. The molecule has 2 aromatic heterocycles. The normalized spacial score (nSPS) is 10.9. The quantitative estimate of drug-likeness (QED) is 0.518. The summed E-state index contributed by atoms with van der Waals surface area (Å²) in [5, 5.41) is 9.65. The molecule has 2 heterocycles. The van der Waals surface area contributed by atoms with Gasteiger partial charge in [0, 0.05) is 16.5 Å². The SMILES string of the molecule is Cc1cc(F)ccc1N(c1ccc2cnncc2c1)c1ccc(F)cn1. The van der Waals surface area contributed by atoms with E-state index in [0.29, 0.717) is 5.82 Å². The maximum atomic E-state index is 13.6. The third-order valence-corrected chi connectivity index (χ3v) is 4.13. The number of benzene rings is 2. The number of nitrogens with zero attached hydrogens (tertiary/aromatic N) is 4. The number of aryl methyl sites for hydroxylation is 1. The molecule has 0 saturated carbocycles. The maximum absolute atomic E-state index is 13.6. The van der Waals surface area contributed by atoms with Crippen LogP contribution in [-0.2, 0) is 0 Å². The van der Waals surface area contributed by atoms with Crippen LogP contribution in [0.15, 0.2) is 67.1 Å². The predicted molar refractivity (Wildman–Crippen MR) is 96.7 cm³/mol. The zero-order chi connectivity index (χ0) is 18.1. The highest BCUT2D eigenvalue weighted by Gasteiger charge is 2.16. The third kappa shape index (κ3) is 2.97. The van der Waals surface area contributed by atoms with Crippen molar-refractivity contribution in [1.29, 1.82) is 0 Å². The van der Waals surface area contributed by atoms with E-state index in [4.69, 9.17) is 0 Å². The van der Waals surface area contributed by atoms with Crippen LogP contribution in [0, 0.1) is 18.6 Å². The van der Waals surface area contributed by atoms with Crippen LogP contribution in [0.3, 0.4) is 0 Å². The minimum atomic E-state index is -0.418. The van der Waals surface area contributed by atoms with Gasteiger partial charge in [0.25, 0.3) is 0 Å². The lowest BCUT2D eigenvalue weighted by atomic mass is 10.1. The molecular formula is C20H14F2N4. The van der Waals surface area contributed by atoms with Crippen molar-refractivity contribution >= 4 is 28.0 Å². The highest BCUT2D eigenvalue weighted by atomic mass is 19.1. The maximum Gasteiger partial charge on any atom is 0.141 e. The van der Waals surface area contributed by atoms with E-state index in [0.717, 1.165) is 33.9 Å². The fourth-order valence-electron chi connectivity index (χ4n) is 2.89. The van der Waals surface area contributed by atoms with Crippen LogP contribution in [-0.4, -0.2) is 15.2 Å². The number of hydrogen-bond donors (Lipinski definition) is 0. The van der Waals surface area contributed by atoms with E-state index >= 15 is 0 Å². The summed E-state index contributed by atoms with van der Waals surface area (Å²) in [6, 6.07) is 13.3. The molecule has 0 aliphatic carbocycles. The molecule has 6 heteroatoms. The van der Waals surface area contributed by atoms with Crippen molar-refractivity contribution in [1.82, 2.24) is 15.2 Å². The van der Waals surface area contributed by atoms with Gasteiger partial charge in [0.1, 0.15) is 17.5 Å². The minimum absolute atomic E-state index is 0.313. The van der Waals surface area contributed by atoms with Crippen LogP contribution in [0.25, 0.3) is 10.8 Å². The van der Waals surface area contributed by atoms with Gasteiger partial charge in [-0.25, -0.2) is 13.8 Å². The summed E-state index contributed by atoms with van der Waals surface area (Å²) in [5.74, 6) is -0.201. The third-order valence-electron chi connectivity index (χ3n) is 4.13. The first-order chi connectivity index (χ1) is 12.6. The monoisotopic (exact) mass is 348 g/mol. The second-order valence-corrected chi connectivity index (χ2v) is 5.90. The van der Waals surface area contributed by atoms with Gasteiger partial charge in [0.15, 0.2) is 0 Å². The number of halogens is 2. The van der Waals surface area contributed by atoms with E-state index in [2.05, 4.69) is 15.2 Å². The van der Waals surface area contributed by atoms with Crippen LogP contribution in [0.1, 0.15) is 5.56 Å². The summed E-state index contributed by atoms with van der Waals surface area (Å²) in [4.78, 5) is 6.06. The molecule has 0 atom stereocenters. The Labute approximate surface area is 148 Å². The Bertz CT molecular complexity index is 1080. The number of fused-ring (bicyclic) bond motifs is 1. The molecule has 0 N–H and O–H groups in total. The van der Waals surface area contributed by atoms with Gasteiger partial charge in [-0.1, -0.05) is 6.07 Å². The molecule has 0 radical (unpaired) electrons. The summed E-state index contributed by atoms with van der Waals surface area (Å²) in [5.41, 5.74) is 2.30. The molecule has 0 spiro atoms. The topological polar surface area (TPSA) is 41.9 Å². The first-order valence-electron chi connectivity index (χ1n) is 8.00. The van der Waals surface area contributed by atoms with Crippen LogP contribution in [0.5, 0.6) is 0 Å².